The number of aryl methyl sites for hydroxylation is 1. The van der Waals surface area contributed by atoms with Gasteiger partial charge >= 0.3 is 0 Å². The van der Waals surface area contributed by atoms with Crippen molar-refractivity contribution in [2.24, 2.45) is 0 Å². The first-order valence-corrected chi connectivity index (χ1v) is 10.8. The van der Waals surface area contributed by atoms with Crippen LogP contribution in [0.5, 0.6) is 0 Å². The summed E-state index contributed by atoms with van der Waals surface area (Å²) in [4.78, 5) is 11.5. The van der Waals surface area contributed by atoms with E-state index in [1.165, 1.54) is 0 Å². The Hall–Kier alpha value is -2.77. The van der Waals surface area contributed by atoms with Gasteiger partial charge < -0.3 is 19.5 Å². The molecule has 2 aliphatic rings. The topological polar surface area (TPSA) is 55.2 Å². The summed E-state index contributed by atoms with van der Waals surface area (Å²) in [6.45, 7) is 3.65. The fourth-order valence-corrected chi connectivity index (χ4v) is 4.69. The lowest BCUT2D eigenvalue weighted by Gasteiger charge is -2.30. The molecule has 6 nitrogen and oxygen atoms in total. The van der Waals surface area contributed by atoms with Crippen molar-refractivity contribution in [3.05, 3.63) is 78.0 Å². The van der Waals surface area contributed by atoms with Gasteiger partial charge in [-0.15, -0.1) is 0 Å². The van der Waals surface area contributed by atoms with Gasteiger partial charge in [-0.25, -0.2) is 4.98 Å². The van der Waals surface area contributed by atoms with E-state index in [1.54, 1.807) is 0 Å². The maximum Gasteiger partial charge on any atom is 0.170 e. The molecule has 30 heavy (non-hydrogen) atoms. The zero-order chi connectivity index (χ0) is 20.5. The van der Waals surface area contributed by atoms with Crippen molar-refractivity contribution >= 4 is 17.3 Å². The molecule has 0 bridgehead atoms. The smallest absolute Gasteiger partial charge is 0.170 e. The number of nitrogens with zero attached hydrogens (tertiary/aromatic N) is 4. The van der Waals surface area contributed by atoms with E-state index in [1.807, 2.05) is 31.5 Å². The van der Waals surface area contributed by atoms with Gasteiger partial charge in [-0.2, -0.15) is 0 Å². The van der Waals surface area contributed by atoms with Crippen molar-refractivity contribution in [2.75, 3.05) is 13.2 Å². The number of rotatable bonds is 5. The number of ether oxygens (including phenoxy) is 1. The van der Waals surface area contributed by atoms with Crippen LogP contribution in [0, 0.1) is 6.92 Å². The minimum absolute atomic E-state index is 0.00490. The number of hydrogen-bond acceptors (Lipinski definition) is 4. The largest absolute Gasteiger partial charge is 0.376 e. The van der Waals surface area contributed by atoms with Crippen LogP contribution in [0.2, 0.25) is 0 Å². The first-order chi connectivity index (χ1) is 14.7. The normalized spacial score (nSPS) is 23.7. The Labute approximate surface area is 181 Å². The van der Waals surface area contributed by atoms with Crippen LogP contribution in [0.4, 0.5) is 0 Å². The third-order valence-corrected chi connectivity index (χ3v) is 6.20. The zero-order valence-electron chi connectivity index (χ0n) is 16.9. The van der Waals surface area contributed by atoms with Crippen LogP contribution in [0.1, 0.15) is 41.9 Å². The van der Waals surface area contributed by atoms with Gasteiger partial charge in [-0.3, -0.25) is 4.98 Å². The molecule has 3 aromatic rings. The fraction of sp³-hybridized carbons (Fsp3) is 0.348. The van der Waals surface area contributed by atoms with Gasteiger partial charge in [0.15, 0.2) is 5.11 Å². The highest BCUT2D eigenvalue weighted by Gasteiger charge is 2.42. The van der Waals surface area contributed by atoms with Crippen LogP contribution >= 0.6 is 12.2 Å². The van der Waals surface area contributed by atoms with E-state index < -0.39 is 0 Å². The van der Waals surface area contributed by atoms with Gasteiger partial charge in [0.1, 0.15) is 5.82 Å². The van der Waals surface area contributed by atoms with Crippen LogP contribution in [0.25, 0.3) is 5.82 Å². The minimum atomic E-state index is -0.0424. The van der Waals surface area contributed by atoms with E-state index in [9.17, 15) is 0 Å². The van der Waals surface area contributed by atoms with Gasteiger partial charge in [-0.1, -0.05) is 12.1 Å². The second-order valence-corrected chi connectivity index (χ2v) is 8.30. The van der Waals surface area contributed by atoms with Crippen molar-refractivity contribution in [3.8, 4) is 5.82 Å². The molecule has 0 aromatic carbocycles. The zero-order valence-corrected chi connectivity index (χ0v) is 17.8. The van der Waals surface area contributed by atoms with Crippen LogP contribution in [0.3, 0.4) is 0 Å². The summed E-state index contributed by atoms with van der Waals surface area (Å²) in [6, 6.07) is 14.3. The van der Waals surface area contributed by atoms with Gasteiger partial charge in [0.25, 0.3) is 0 Å². The fourth-order valence-electron chi connectivity index (χ4n) is 4.38. The minimum Gasteiger partial charge on any atom is -0.376 e. The molecule has 0 amide bonds. The van der Waals surface area contributed by atoms with Crippen LogP contribution < -0.4 is 5.32 Å². The maximum atomic E-state index is 5.93. The van der Waals surface area contributed by atoms with E-state index >= 15 is 0 Å². The summed E-state index contributed by atoms with van der Waals surface area (Å²) < 4.78 is 8.09. The van der Waals surface area contributed by atoms with Crippen molar-refractivity contribution in [3.63, 3.8) is 0 Å². The molecule has 5 rings (SSSR count). The summed E-state index contributed by atoms with van der Waals surface area (Å²) in [5.41, 5.74) is 3.25. The Balaban J connectivity index is 1.56. The third kappa shape index (κ3) is 3.59. The van der Waals surface area contributed by atoms with Gasteiger partial charge in [-0.05, 0) is 67.9 Å². The van der Waals surface area contributed by atoms with Crippen LogP contribution in [-0.2, 0) is 4.74 Å². The molecule has 0 unspecified atom stereocenters. The molecule has 0 aliphatic carbocycles. The standard InChI is InChI=1S/C23H25N5OS/c1-16-9-10-20(25-14-16)27-12-4-8-19(27)22-21(18-7-2-3-11-24-18)26-23(30)28(22)15-17-6-5-13-29-17/h2-4,7-12,14,17,21-22H,5-6,13,15H2,1H3,(H,26,30)/t17-,21+,22+/m0/s1. The highest BCUT2D eigenvalue weighted by molar-refractivity contribution is 7.80. The molecule has 7 heteroatoms. The lowest BCUT2D eigenvalue weighted by Crippen LogP contribution is -2.36. The molecule has 0 saturated carbocycles. The summed E-state index contributed by atoms with van der Waals surface area (Å²) in [6.07, 6.45) is 8.18. The molecule has 2 fully saturated rings. The molecular formula is C23H25N5OS. The first-order valence-electron chi connectivity index (χ1n) is 10.4. The average molecular weight is 420 g/mol. The molecule has 0 radical (unpaired) electrons. The quantitative estimate of drug-likeness (QED) is 0.636. The molecular weight excluding hydrogens is 394 g/mol. The highest BCUT2D eigenvalue weighted by Crippen LogP contribution is 2.40. The average Bonchev–Trinajstić information content (AvgIpc) is 3.51. The summed E-state index contributed by atoms with van der Waals surface area (Å²) in [7, 11) is 0. The second kappa shape index (κ2) is 8.16. The molecule has 2 aliphatic heterocycles. The number of hydrogen-bond donors (Lipinski definition) is 1. The SMILES string of the molecule is Cc1ccc(-n2cccc2[C@@H]2[C@@H](c3ccccn3)NC(=S)N2C[C@@H]2CCCO2)nc1. The maximum absolute atomic E-state index is 5.93. The van der Waals surface area contributed by atoms with Crippen LogP contribution in [-0.4, -0.2) is 43.8 Å². The molecule has 1 N–H and O–H groups in total. The van der Waals surface area contributed by atoms with E-state index in [2.05, 4.69) is 61.3 Å². The predicted octanol–water partition coefficient (Wildman–Crippen LogP) is 3.73. The van der Waals surface area contributed by atoms with Crippen molar-refractivity contribution in [1.29, 1.82) is 0 Å². The molecule has 2 saturated heterocycles. The lowest BCUT2D eigenvalue weighted by molar-refractivity contribution is 0.0836. The monoisotopic (exact) mass is 419 g/mol. The Kier molecular flexibility index (Phi) is 5.23. The number of nitrogens with one attached hydrogen (secondary N) is 1. The highest BCUT2D eigenvalue weighted by atomic mass is 32.1. The lowest BCUT2D eigenvalue weighted by atomic mass is 10.0. The third-order valence-electron chi connectivity index (χ3n) is 5.85. The molecule has 3 aromatic heterocycles. The molecule has 3 atom stereocenters. The molecule has 154 valence electrons. The van der Waals surface area contributed by atoms with Crippen molar-refractivity contribution in [1.82, 2.24) is 24.8 Å². The van der Waals surface area contributed by atoms with E-state index in [-0.39, 0.29) is 18.2 Å². The molecule has 5 heterocycles. The Morgan fingerprint density at radius 1 is 1.17 bits per heavy atom. The Morgan fingerprint density at radius 3 is 2.83 bits per heavy atom. The van der Waals surface area contributed by atoms with Crippen molar-refractivity contribution < 1.29 is 4.74 Å². The van der Waals surface area contributed by atoms with Gasteiger partial charge in [0, 0.05) is 37.4 Å². The summed E-state index contributed by atoms with van der Waals surface area (Å²) in [5, 5.41) is 4.27. The van der Waals surface area contributed by atoms with Gasteiger partial charge in [0.05, 0.1) is 23.9 Å². The van der Waals surface area contributed by atoms with E-state index in [0.29, 0.717) is 0 Å². The van der Waals surface area contributed by atoms with Crippen molar-refractivity contribution in [2.45, 2.75) is 38.0 Å². The second-order valence-electron chi connectivity index (χ2n) is 7.91. The predicted molar refractivity (Wildman–Crippen MR) is 119 cm³/mol. The van der Waals surface area contributed by atoms with E-state index in [0.717, 1.165) is 53.9 Å². The Morgan fingerprint density at radius 2 is 2.10 bits per heavy atom. The molecule has 0 spiro atoms. The summed E-state index contributed by atoms with van der Waals surface area (Å²) in [5.74, 6) is 0.898. The van der Waals surface area contributed by atoms with E-state index in [4.69, 9.17) is 17.0 Å². The van der Waals surface area contributed by atoms with Gasteiger partial charge in [0.2, 0.25) is 0 Å². The summed E-state index contributed by atoms with van der Waals surface area (Å²) >= 11 is 5.79. The number of aromatic nitrogens is 3. The number of pyridine rings is 2. The number of thiocarbonyl (C=S) groups is 1. The Bertz CT molecular complexity index is 1010. The first kappa shape index (κ1) is 19.2. The van der Waals surface area contributed by atoms with Crippen LogP contribution in [0.15, 0.2) is 61.1 Å².